The Morgan fingerprint density at radius 2 is 1.73 bits per heavy atom. The number of rotatable bonds is 15. The first-order valence-electron chi connectivity index (χ1n) is 11.5. The molecular weight excluding hydrogens is 378 g/mol. The van der Waals surface area contributed by atoms with Gasteiger partial charge >= 0.3 is 0 Å². The summed E-state index contributed by atoms with van der Waals surface area (Å²) in [6, 6.07) is 3.52. The highest BCUT2D eigenvalue weighted by molar-refractivity contribution is 5.93. The van der Waals surface area contributed by atoms with Crippen LogP contribution < -0.4 is 11.1 Å². The Morgan fingerprint density at radius 1 is 1.07 bits per heavy atom. The van der Waals surface area contributed by atoms with E-state index < -0.39 is 0 Å². The van der Waals surface area contributed by atoms with Gasteiger partial charge in [-0.3, -0.25) is 19.5 Å². The van der Waals surface area contributed by atoms with Gasteiger partial charge < -0.3 is 16.0 Å². The molecule has 1 unspecified atom stereocenters. The minimum atomic E-state index is -0.109. The molecule has 7 nitrogen and oxygen atoms in total. The third kappa shape index (κ3) is 10.2. The van der Waals surface area contributed by atoms with Gasteiger partial charge in [-0.25, -0.2) is 0 Å². The summed E-state index contributed by atoms with van der Waals surface area (Å²) in [6.45, 7) is 5.48. The molecule has 1 aromatic heterocycles. The van der Waals surface area contributed by atoms with E-state index in [4.69, 9.17) is 5.73 Å². The van der Waals surface area contributed by atoms with Crippen LogP contribution in [0.5, 0.6) is 0 Å². The smallest absolute Gasteiger partial charge is 0.252 e. The third-order valence-corrected chi connectivity index (χ3v) is 5.80. The van der Waals surface area contributed by atoms with Crippen LogP contribution in [0.3, 0.4) is 0 Å². The SMILES string of the molecule is NC(CCCCCCCCCCN1CCN(C=O)CC1)CNC(=O)c1cccnc1. The van der Waals surface area contributed by atoms with Gasteiger partial charge in [0.05, 0.1) is 5.56 Å². The number of piperazine rings is 1. The summed E-state index contributed by atoms with van der Waals surface area (Å²) >= 11 is 0. The van der Waals surface area contributed by atoms with Gasteiger partial charge in [0, 0.05) is 51.2 Å². The zero-order valence-electron chi connectivity index (χ0n) is 18.3. The molecule has 0 spiro atoms. The summed E-state index contributed by atoms with van der Waals surface area (Å²) in [5.41, 5.74) is 6.69. The molecule has 0 aromatic carbocycles. The normalized spacial score (nSPS) is 15.7. The standard InChI is InChI=1S/C23H39N5O2/c24-22(19-26-23(30)21-10-9-12-25-18-21)11-7-5-3-1-2-4-6-8-13-27-14-16-28(20-29)17-15-27/h9-10,12,18,20,22H,1-8,11,13-17,19,24H2,(H,26,30). The van der Waals surface area contributed by atoms with E-state index in [1.807, 2.05) is 4.90 Å². The molecule has 168 valence electrons. The summed E-state index contributed by atoms with van der Waals surface area (Å²) in [4.78, 5) is 31.0. The van der Waals surface area contributed by atoms with E-state index in [0.717, 1.165) is 45.4 Å². The number of nitrogens with one attached hydrogen (secondary N) is 1. The molecule has 0 saturated carbocycles. The minimum Gasteiger partial charge on any atom is -0.350 e. The monoisotopic (exact) mass is 417 g/mol. The highest BCUT2D eigenvalue weighted by Crippen LogP contribution is 2.11. The quantitative estimate of drug-likeness (QED) is 0.338. The van der Waals surface area contributed by atoms with Gasteiger partial charge in [-0.15, -0.1) is 0 Å². The van der Waals surface area contributed by atoms with Crippen molar-refractivity contribution in [2.45, 2.75) is 63.8 Å². The van der Waals surface area contributed by atoms with Crippen molar-refractivity contribution >= 4 is 12.3 Å². The molecule has 1 aromatic rings. The first kappa shape index (κ1) is 24.3. The molecular formula is C23H39N5O2. The van der Waals surface area contributed by atoms with Crippen molar-refractivity contribution in [2.75, 3.05) is 39.3 Å². The van der Waals surface area contributed by atoms with Crippen LogP contribution in [0.25, 0.3) is 0 Å². The van der Waals surface area contributed by atoms with Gasteiger partial charge in [0.1, 0.15) is 0 Å². The van der Waals surface area contributed by atoms with Crippen LogP contribution in [-0.2, 0) is 4.79 Å². The predicted octanol–water partition coefficient (Wildman–Crippen LogP) is 2.42. The first-order valence-corrected chi connectivity index (χ1v) is 11.5. The fourth-order valence-corrected chi connectivity index (χ4v) is 3.82. The van der Waals surface area contributed by atoms with E-state index in [2.05, 4.69) is 15.2 Å². The van der Waals surface area contributed by atoms with Crippen molar-refractivity contribution in [1.29, 1.82) is 0 Å². The molecule has 2 amide bonds. The van der Waals surface area contributed by atoms with E-state index in [9.17, 15) is 9.59 Å². The highest BCUT2D eigenvalue weighted by Gasteiger charge is 2.14. The topological polar surface area (TPSA) is 91.6 Å². The minimum absolute atomic E-state index is 0.0130. The lowest BCUT2D eigenvalue weighted by Gasteiger charge is -2.32. The summed E-state index contributed by atoms with van der Waals surface area (Å²) in [7, 11) is 0. The van der Waals surface area contributed by atoms with Crippen molar-refractivity contribution in [2.24, 2.45) is 5.73 Å². The molecule has 1 aliphatic rings. The zero-order valence-corrected chi connectivity index (χ0v) is 18.3. The Labute approximate surface area is 181 Å². The van der Waals surface area contributed by atoms with Gasteiger partial charge in [0.2, 0.25) is 6.41 Å². The van der Waals surface area contributed by atoms with Gasteiger partial charge in [0.15, 0.2) is 0 Å². The second-order valence-electron chi connectivity index (χ2n) is 8.31. The molecule has 7 heteroatoms. The first-order chi connectivity index (χ1) is 14.7. The maximum atomic E-state index is 12.0. The van der Waals surface area contributed by atoms with Gasteiger partial charge in [0.25, 0.3) is 5.91 Å². The highest BCUT2D eigenvalue weighted by atomic mass is 16.1. The van der Waals surface area contributed by atoms with E-state index in [0.29, 0.717) is 12.1 Å². The van der Waals surface area contributed by atoms with E-state index in [1.54, 1.807) is 24.5 Å². The second kappa shape index (κ2) is 14.9. The maximum Gasteiger partial charge on any atom is 0.252 e. The fourth-order valence-electron chi connectivity index (χ4n) is 3.82. The van der Waals surface area contributed by atoms with Gasteiger partial charge in [-0.1, -0.05) is 44.9 Å². The summed E-state index contributed by atoms with van der Waals surface area (Å²) in [5, 5.41) is 2.88. The molecule has 3 N–H and O–H groups in total. The lowest BCUT2D eigenvalue weighted by Crippen LogP contribution is -2.45. The molecule has 1 saturated heterocycles. The predicted molar refractivity (Wildman–Crippen MR) is 120 cm³/mol. The summed E-state index contributed by atoms with van der Waals surface area (Å²) in [5.74, 6) is -0.109. The number of nitrogens with zero attached hydrogens (tertiary/aromatic N) is 3. The molecule has 2 heterocycles. The van der Waals surface area contributed by atoms with Crippen LogP contribution in [-0.4, -0.2) is 72.4 Å². The average molecular weight is 418 g/mol. The van der Waals surface area contributed by atoms with Gasteiger partial charge in [-0.05, 0) is 31.5 Å². The number of pyridine rings is 1. The summed E-state index contributed by atoms with van der Waals surface area (Å²) in [6.07, 6.45) is 15.2. The maximum absolute atomic E-state index is 12.0. The van der Waals surface area contributed by atoms with Gasteiger partial charge in [-0.2, -0.15) is 0 Å². The number of carbonyl (C=O) groups is 2. The largest absolute Gasteiger partial charge is 0.350 e. The number of hydrogen-bond acceptors (Lipinski definition) is 5. The van der Waals surface area contributed by atoms with Crippen LogP contribution in [0.15, 0.2) is 24.5 Å². The zero-order chi connectivity index (χ0) is 21.4. The Kier molecular flexibility index (Phi) is 12.1. The number of aromatic nitrogens is 1. The molecule has 0 aliphatic carbocycles. The number of hydrogen-bond donors (Lipinski definition) is 2. The van der Waals surface area contributed by atoms with Crippen molar-refractivity contribution in [3.63, 3.8) is 0 Å². The van der Waals surface area contributed by atoms with Crippen LogP contribution in [0.4, 0.5) is 0 Å². The lowest BCUT2D eigenvalue weighted by molar-refractivity contribution is -0.119. The van der Waals surface area contributed by atoms with Crippen molar-refractivity contribution in [3.8, 4) is 0 Å². The number of unbranched alkanes of at least 4 members (excludes halogenated alkanes) is 7. The Balaban J connectivity index is 1.35. The van der Waals surface area contributed by atoms with Crippen molar-refractivity contribution < 1.29 is 9.59 Å². The Hall–Kier alpha value is -1.99. The van der Waals surface area contributed by atoms with Crippen LogP contribution in [0.1, 0.15) is 68.1 Å². The van der Waals surface area contributed by atoms with Crippen LogP contribution >= 0.6 is 0 Å². The Morgan fingerprint density at radius 3 is 2.37 bits per heavy atom. The molecule has 30 heavy (non-hydrogen) atoms. The molecule has 0 bridgehead atoms. The molecule has 2 rings (SSSR count). The second-order valence-corrected chi connectivity index (χ2v) is 8.31. The Bertz CT molecular complexity index is 591. The van der Waals surface area contributed by atoms with Crippen molar-refractivity contribution in [3.05, 3.63) is 30.1 Å². The lowest BCUT2D eigenvalue weighted by atomic mass is 10.0. The fraction of sp³-hybridized carbons (Fsp3) is 0.696. The van der Waals surface area contributed by atoms with E-state index >= 15 is 0 Å². The van der Waals surface area contributed by atoms with E-state index in [-0.39, 0.29) is 11.9 Å². The third-order valence-electron chi connectivity index (χ3n) is 5.80. The summed E-state index contributed by atoms with van der Waals surface area (Å²) < 4.78 is 0. The molecule has 1 atom stereocenters. The van der Waals surface area contributed by atoms with E-state index in [1.165, 1.54) is 51.5 Å². The number of nitrogens with two attached hydrogens (primary N) is 1. The molecule has 0 radical (unpaired) electrons. The number of amides is 2. The molecule has 1 fully saturated rings. The molecule has 1 aliphatic heterocycles. The average Bonchev–Trinajstić information content (AvgIpc) is 2.79. The van der Waals surface area contributed by atoms with Crippen LogP contribution in [0, 0.1) is 0 Å². The van der Waals surface area contributed by atoms with Crippen molar-refractivity contribution in [1.82, 2.24) is 20.1 Å². The number of carbonyl (C=O) groups excluding carboxylic acids is 2. The van der Waals surface area contributed by atoms with Crippen LogP contribution in [0.2, 0.25) is 0 Å².